The van der Waals surface area contributed by atoms with Gasteiger partial charge in [-0.25, -0.2) is 4.39 Å². The van der Waals surface area contributed by atoms with Crippen LogP contribution >= 0.6 is 27.5 Å². The van der Waals surface area contributed by atoms with Gasteiger partial charge in [0.2, 0.25) is 5.91 Å². The second kappa shape index (κ2) is 6.27. The number of carbonyl (C=O) groups excluding carboxylic acids is 1. The number of aromatic nitrogens is 2. The summed E-state index contributed by atoms with van der Waals surface area (Å²) in [5, 5.41) is 4.29. The van der Waals surface area contributed by atoms with Gasteiger partial charge in [-0.15, -0.1) is 0 Å². The highest BCUT2D eigenvalue weighted by molar-refractivity contribution is 9.10. The average Bonchev–Trinajstić information content (AvgIpc) is 3.29. The van der Waals surface area contributed by atoms with Gasteiger partial charge in [0.25, 0.3) is 5.89 Å². The Kier molecular flexibility index (Phi) is 4.09. The van der Waals surface area contributed by atoms with E-state index in [0.29, 0.717) is 21.3 Å². The molecule has 1 aliphatic rings. The van der Waals surface area contributed by atoms with Gasteiger partial charge in [-0.1, -0.05) is 16.8 Å². The summed E-state index contributed by atoms with van der Waals surface area (Å²) in [6.07, 6.45) is 0.159. The molecule has 6 nitrogen and oxygen atoms in total. The van der Waals surface area contributed by atoms with Crippen molar-refractivity contribution in [3.63, 3.8) is 0 Å². The molecule has 9 heteroatoms. The Balaban J connectivity index is 1.58. The fourth-order valence-corrected chi connectivity index (χ4v) is 3.21. The zero-order valence-corrected chi connectivity index (χ0v) is 14.9. The van der Waals surface area contributed by atoms with Crippen molar-refractivity contribution < 1.29 is 18.1 Å². The highest BCUT2D eigenvalue weighted by Crippen LogP contribution is 2.34. The SMILES string of the molecule is O=C1CC(c2noc(-c3ccc(Br)o3)n2)CN1c1cc(Cl)ccc1F. The number of hydrogen-bond donors (Lipinski definition) is 0. The molecular formula is C16H10BrClFN3O3. The van der Waals surface area contributed by atoms with Crippen molar-refractivity contribution in [3.05, 3.63) is 51.7 Å². The first-order valence-corrected chi connectivity index (χ1v) is 8.53. The third-order valence-corrected chi connectivity index (χ3v) is 4.58. The first-order chi connectivity index (χ1) is 12.0. The highest BCUT2D eigenvalue weighted by atomic mass is 79.9. The van der Waals surface area contributed by atoms with Crippen LogP contribution in [0.4, 0.5) is 10.1 Å². The van der Waals surface area contributed by atoms with E-state index in [0.717, 1.165) is 0 Å². The zero-order valence-electron chi connectivity index (χ0n) is 12.6. The molecule has 1 atom stereocenters. The van der Waals surface area contributed by atoms with Crippen molar-refractivity contribution in [3.8, 4) is 11.7 Å². The molecule has 0 bridgehead atoms. The zero-order chi connectivity index (χ0) is 17.6. The lowest BCUT2D eigenvalue weighted by molar-refractivity contribution is -0.117. The summed E-state index contributed by atoms with van der Waals surface area (Å²) in [6, 6.07) is 7.50. The smallest absolute Gasteiger partial charge is 0.293 e. The largest absolute Gasteiger partial charge is 0.444 e. The number of nitrogens with zero attached hydrogens (tertiary/aromatic N) is 3. The average molecular weight is 427 g/mol. The molecule has 1 aromatic carbocycles. The Bertz CT molecular complexity index is 958. The van der Waals surface area contributed by atoms with Crippen LogP contribution in [0.1, 0.15) is 18.2 Å². The second-order valence-corrected chi connectivity index (χ2v) is 6.78. The van der Waals surface area contributed by atoms with Crippen LogP contribution in [0.15, 0.2) is 43.9 Å². The Hall–Kier alpha value is -2.19. The van der Waals surface area contributed by atoms with E-state index in [1.165, 1.54) is 23.1 Å². The highest BCUT2D eigenvalue weighted by Gasteiger charge is 2.36. The van der Waals surface area contributed by atoms with Gasteiger partial charge in [0, 0.05) is 23.9 Å². The van der Waals surface area contributed by atoms with E-state index in [2.05, 4.69) is 26.1 Å². The topological polar surface area (TPSA) is 72.4 Å². The standard InChI is InChI=1S/C16H10BrClFN3O3/c17-13-4-3-12(24-13)16-20-15(21-25-16)8-5-14(23)22(7-8)11-6-9(18)1-2-10(11)19/h1-4,6,8H,5,7H2. The van der Waals surface area contributed by atoms with Crippen LogP contribution in [0, 0.1) is 5.82 Å². The molecule has 1 saturated heterocycles. The number of anilines is 1. The lowest BCUT2D eigenvalue weighted by Gasteiger charge is -2.17. The summed E-state index contributed by atoms with van der Waals surface area (Å²) in [6.45, 7) is 0.247. The third kappa shape index (κ3) is 3.07. The maximum Gasteiger partial charge on any atom is 0.293 e. The molecule has 0 spiro atoms. The maximum absolute atomic E-state index is 14.0. The summed E-state index contributed by atoms with van der Waals surface area (Å²) < 4.78 is 25.1. The molecule has 0 N–H and O–H groups in total. The van der Waals surface area contributed by atoms with Crippen LogP contribution in [-0.2, 0) is 4.79 Å². The fourth-order valence-electron chi connectivity index (χ4n) is 2.74. The number of amides is 1. The summed E-state index contributed by atoms with van der Waals surface area (Å²) in [5.74, 6) is -0.0123. The van der Waals surface area contributed by atoms with Crippen LogP contribution < -0.4 is 4.90 Å². The van der Waals surface area contributed by atoms with Crippen molar-refractivity contribution in [1.29, 1.82) is 0 Å². The summed E-state index contributed by atoms with van der Waals surface area (Å²) >= 11 is 9.11. The van der Waals surface area contributed by atoms with Crippen molar-refractivity contribution in [1.82, 2.24) is 10.1 Å². The van der Waals surface area contributed by atoms with E-state index in [4.69, 9.17) is 20.5 Å². The van der Waals surface area contributed by atoms with Crippen molar-refractivity contribution in [2.75, 3.05) is 11.4 Å². The molecule has 0 radical (unpaired) electrons. The predicted molar refractivity (Wildman–Crippen MR) is 90.8 cm³/mol. The van der Waals surface area contributed by atoms with Crippen LogP contribution in [-0.4, -0.2) is 22.6 Å². The Labute approximate surface area is 154 Å². The molecule has 4 rings (SSSR count). The minimum absolute atomic E-state index is 0.152. The summed E-state index contributed by atoms with van der Waals surface area (Å²) in [7, 11) is 0. The van der Waals surface area contributed by atoms with Gasteiger partial charge < -0.3 is 13.8 Å². The Morgan fingerprint density at radius 1 is 1.32 bits per heavy atom. The van der Waals surface area contributed by atoms with E-state index in [1.807, 2.05) is 0 Å². The van der Waals surface area contributed by atoms with Gasteiger partial charge in [0.15, 0.2) is 16.3 Å². The van der Waals surface area contributed by atoms with Crippen molar-refractivity contribution >= 4 is 39.1 Å². The summed E-state index contributed by atoms with van der Waals surface area (Å²) in [4.78, 5) is 17.9. The quantitative estimate of drug-likeness (QED) is 0.620. The lowest BCUT2D eigenvalue weighted by atomic mass is 10.1. The minimum atomic E-state index is -0.507. The molecule has 25 heavy (non-hydrogen) atoms. The molecule has 0 aliphatic carbocycles. The number of halogens is 3. The molecule has 3 heterocycles. The van der Waals surface area contributed by atoms with Crippen LogP contribution in [0.2, 0.25) is 5.02 Å². The van der Waals surface area contributed by atoms with Crippen molar-refractivity contribution in [2.45, 2.75) is 12.3 Å². The number of hydrogen-bond acceptors (Lipinski definition) is 5. The van der Waals surface area contributed by atoms with Crippen LogP contribution in [0.3, 0.4) is 0 Å². The number of rotatable bonds is 3. The molecule has 1 aliphatic heterocycles. The first kappa shape index (κ1) is 16.3. The van der Waals surface area contributed by atoms with E-state index < -0.39 is 5.82 Å². The molecule has 1 unspecified atom stereocenters. The monoisotopic (exact) mass is 425 g/mol. The van der Waals surface area contributed by atoms with E-state index in [9.17, 15) is 9.18 Å². The normalized spacial score (nSPS) is 17.5. The van der Waals surface area contributed by atoms with E-state index in [1.54, 1.807) is 12.1 Å². The first-order valence-electron chi connectivity index (χ1n) is 7.36. The predicted octanol–water partition coefficient (Wildman–Crippen LogP) is 4.41. The number of furan rings is 1. The molecule has 0 saturated carbocycles. The Morgan fingerprint density at radius 2 is 2.16 bits per heavy atom. The lowest BCUT2D eigenvalue weighted by Crippen LogP contribution is -2.25. The fraction of sp³-hybridized carbons (Fsp3) is 0.188. The minimum Gasteiger partial charge on any atom is -0.444 e. The van der Waals surface area contributed by atoms with Gasteiger partial charge in [-0.05, 0) is 46.3 Å². The molecule has 128 valence electrons. The van der Waals surface area contributed by atoms with Crippen LogP contribution in [0.5, 0.6) is 0 Å². The van der Waals surface area contributed by atoms with Gasteiger partial charge in [-0.2, -0.15) is 4.98 Å². The third-order valence-electron chi connectivity index (χ3n) is 3.91. The maximum atomic E-state index is 14.0. The van der Waals surface area contributed by atoms with Crippen LogP contribution in [0.25, 0.3) is 11.7 Å². The summed E-state index contributed by atoms with van der Waals surface area (Å²) in [5.41, 5.74) is 0.152. The van der Waals surface area contributed by atoms with Gasteiger partial charge in [-0.3, -0.25) is 4.79 Å². The second-order valence-electron chi connectivity index (χ2n) is 5.56. The molecule has 1 fully saturated rings. The number of benzene rings is 1. The molecule has 1 amide bonds. The van der Waals surface area contributed by atoms with E-state index in [-0.39, 0.29) is 36.4 Å². The Morgan fingerprint density at radius 3 is 2.92 bits per heavy atom. The van der Waals surface area contributed by atoms with Gasteiger partial charge in [0.05, 0.1) is 5.69 Å². The van der Waals surface area contributed by atoms with Gasteiger partial charge in [0.1, 0.15) is 5.82 Å². The molecule has 3 aromatic rings. The molecular weight excluding hydrogens is 417 g/mol. The van der Waals surface area contributed by atoms with E-state index >= 15 is 0 Å². The van der Waals surface area contributed by atoms with Crippen molar-refractivity contribution in [2.24, 2.45) is 0 Å². The van der Waals surface area contributed by atoms with Gasteiger partial charge >= 0.3 is 0 Å². The molecule has 2 aromatic heterocycles. The number of carbonyl (C=O) groups is 1.